The Morgan fingerprint density at radius 1 is 1.10 bits per heavy atom. The summed E-state index contributed by atoms with van der Waals surface area (Å²) in [5, 5.41) is 23.1. The summed E-state index contributed by atoms with van der Waals surface area (Å²) in [7, 11) is 0. The summed E-state index contributed by atoms with van der Waals surface area (Å²) in [5.41, 5.74) is 0. The second-order valence-corrected chi connectivity index (χ2v) is 5.80. The molecule has 0 amide bonds. The fraction of sp³-hybridized carbons (Fsp3) is 0.600. The highest BCUT2D eigenvalue weighted by molar-refractivity contribution is 6.30. The minimum Gasteiger partial charge on any atom is -0.491 e. The molecule has 0 heterocycles. The van der Waals surface area contributed by atoms with E-state index in [2.05, 4.69) is 19.2 Å². The Balaban J connectivity index is 2.14. The van der Waals surface area contributed by atoms with Gasteiger partial charge in [-0.1, -0.05) is 25.4 Å². The smallest absolute Gasteiger partial charge is 0.119 e. The van der Waals surface area contributed by atoms with E-state index in [4.69, 9.17) is 16.3 Å². The fourth-order valence-corrected chi connectivity index (χ4v) is 1.95. The maximum absolute atomic E-state index is 9.76. The van der Waals surface area contributed by atoms with Crippen LogP contribution in [0.15, 0.2) is 24.3 Å². The van der Waals surface area contributed by atoms with Gasteiger partial charge < -0.3 is 20.3 Å². The van der Waals surface area contributed by atoms with Crippen LogP contribution < -0.4 is 10.1 Å². The topological polar surface area (TPSA) is 61.7 Å². The van der Waals surface area contributed by atoms with Gasteiger partial charge in [0.15, 0.2) is 0 Å². The molecule has 3 N–H and O–H groups in total. The molecule has 0 fully saturated rings. The zero-order valence-corrected chi connectivity index (χ0v) is 12.8. The van der Waals surface area contributed by atoms with Crippen molar-refractivity contribution in [1.82, 2.24) is 5.32 Å². The quantitative estimate of drug-likeness (QED) is 0.653. The molecule has 2 unspecified atom stereocenters. The maximum Gasteiger partial charge on any atom is 0.119 e. The number of hydrogen-bond donors (Lipinski definition) is 3. The van der Waals surface area contributed by atoms with Crippen molar-refractivity contribution in [3.8, 4) is 5.75 Å². The Labute approximate surface area is 125 Å². The molecule has 20 heavy (non-hydrogen) atoms. The van der Waals surface area contributed by atoms with E-state index in [-0.39, 0.29) is 12.7 Å². The van der Waals surface area contributed by atoms with Crippen LogP contribution in [-0.4, -0.2) is 42.1 Å². The van der Waals surface area contributed by atoms with Gasteiger partial charge in [0.05, 0.1) is 6.10 Å². The molecule has 0 aliphatic carbocycles. The fourth-order valence-electron chi connectivity index (χ4n) is 1.83. The summed E-state index contributed by atoms with van der Waals surface area (Å²) >= 11 is 5.77. The van der Waals surface area contributed by atoms with E-state index in [9.17, 15) is 10.2 Å². The molecule has 0 aliphatic heterocycles. The third-order valence-electron chi connectivity index (χ3n) is 2.76. The van der Waals surface area contributed by atoms with Crippen molar-refractivity contribution in [3.05, 3.63) is 29.3 Å². The Morgan fingerprint density at radius 2 is 1.70 bits per heavy atom. The molecule has 1 aromatic rings. The maximum atomic E-state index is 9.76. The average molecular weight is 302 g/mol. The Kier molecular flexibility index (Phi) is 7.92. The van der Waals surface area contributed by atoms with Crippen LogP contribution in [-0.2, 0) is 0 Å². The first-order chi connectivity index (χ1) is 9.47. The summed E-state index contributed by atoms with van der Waals surface area (Å²) < 4.78 is 5.43. The highest BCUT2D eigenvalue weighted by Gasteiger charge is 2.09. The first kappa shape index (κ1) is 17.2. The van der Waals surface area contributed by atoms with Crippen molar-refractivity contribution in [3.63, 3.8) is 0 Å². The Hall–Kier alpha value is -0.810. The highest BCUT2D eigenvalue weighted by atomic mass is 35.5. The van der Waals surface area contributed by atoms with E-state index in [1.54, 1.807) is 24.3 Å². The molecule has 4 nitrogen and oxygen atoms in total. The molecule has 114 valence electrons. The van der Waals surface area contributed by atoms with Crippen molar-refractivity contribution >= 4 is 11.6 Å². The lowest BCUT2D eigenvalue weighted by molar-refractivity contribution is 0.0966. The van der Waals surface area contributed by atoms with Gasteiger partial charge in [-0.2, -0.15) is 0 Å². The number of aliphatic hydroxyl groups excluding tert-OH is 2. The Bertz CT molecular complexity index is 370. The van der Waals surface area contributed by atoms with Gasteiger partial charge in [0, 0.05) is 18.1 Å². The van der Waals surface area contributed by atoms with Gasteiger partial charge in [-0.15, -0.1) is 0 Å². The molecule has 0 saturated carbocycles. The summed E-state index contributed by atoms with van der Waals surface area (Å²) in [5.74, 6) is 1.14. The third-order valence-corrected chi connectivity index (χ3v) is 3.01. The van der Waals surface area contributed by atoms with Crippen LogP contribution in [0.1, 0.15) is 20.3 Å². The van der Waals surface area contributed by atoms with Crippen molar-refractivity contribution < 1.29 is 14.9 Å². The summed E-state index contributed by atoms with van der Waals surface area (Å²) in [6.07, 6.45) is -0.235. The first-order valence-corrected chi connectivity index (χ1v) is 7.30. The van der Waals surface area contributed by atoms with Crippen molar-refractivity contribution in [2.75, 3.05) is 19.7 Å². The van der Waals surface area contributed by atoms with Crippen LogP contribution in [0.4, 0.5) is 0 Å². The van der Waals surface area contributed by atoms with Gasteiger partial charge >= 0.3 is 0 Å². The van der Waals surface area contributed by atoms with Crippen LogP contribution in [0, 0.1) is 5.92 Å². The number of halogens is 1. The molecule has 0 aliphatic rings. The van der Waals surface area contributed by atoms with E-state index < -0.39 is 6.10 Å². The number of nitrogens with one attached hydrogen (secondary N) is 1. The normalized spacial score (nSPS) is 14.3. The minimum absolute atomic E-state index is 0.203. The monoisotopic (exact) mass is 301 g/mol. The van der Waals surface area contributed by atoms with Crippen molar-refractivity contribution in [1.29, 1.82) is 0 Å². The Morgan fingerprint density at radius 3 is 2.30 bits per heavy atom. The predicted octanol–water partition coefficient (Wildman–Crippen LogP) is 2.08. The SMILES string of the molecule is CC(C)CC(O)CNCC(O)COc1ccc(Cl)cc1. The van der Waals surface area contributed by atoms with E-state index in [0.29, 0.717) is 29.8 Å². The second kappa shape index (κ2) is 9.19. The van der Waals surface area contributed by atoms with Crippen molar-refractivity contribution in [2.24, 2.45) is 5.92 Å². The van der Waals surface area contributed by atoms with Gasteiger partial charge in [0.2, 0.25) is 0 Å². The largest absolute Gasteiger partial charge is 0.491 e. The van der Waals surface area contributed by atoms with Gasteiger partial charge in [-0.3, -0.25) is 0 Å². The lowest BCUT2D eigenvalue weighted by Gasteiger charge is -2.16. The lowest BCUT2D eigenvalue weighted by Crippen LogP contribution is -2.36. The average Bonchev–Trinajstić information content (AvgIpc) is 2.37. The van der Waals surface area contributed by atoms with Crippen LogP contribution in [0.5, 0.6) is 5.75 Å². The predicted molar refractivity (Wildman–Crippen MR) is 81.3 cm³/mol. The van der Waals surface area contributed by atoms with E-state index in [0.717, 1.165) is 6.42 Å². The van der Waals surface area contributed by atoms with Crippen LogP contribution in [0.25, 0.3) is 0 Å². The molecule has 0 aromatic heterocycles. The molecular formula is C15H24ClNO3. The zero-order chi connectivity index (χ0) is 15.0. The second-order valence-electron chi connectivity index (χ2n) is 5.36. The van der Waals surface area contributed by atoms with Crippen molar-refractivity contribution in [2.45, 2.75) is 32.5 Å². The molecule has 5 heteroatoms. The molecule has 0 saturated heterocycles. The van der Waals surface area contributed by atoms with Crippen LogP contribution in [0.2, 0.25) is 5.02 Å². The molecule has 2 atom stereocenters. The van der Waals surface area contributed by atoms with E-state index >= 15 is 0 Å². The van der Waals surface area contributed by atoms with E-state index in [1.807, 2.05) is 0 Å². The van der Waals surface area contributed by atoms with E-state index in [1.165, 1.54) is 0 Å². The first-order valence-electron chi connectivity index (χ1n) is 6.92. The summed E-state index contributed by atoms with van der Waals surface area (Å²) in [4.78, 5) is 0. The number of rotatable bonds is 9. The number of hydrogen-bond acceptors (Lipinski definition) is 4. The number of benzene rings is 1. The van der Waals surface area contributed by atoms with Crippen LogP contribution in [0.3, 0.4) is 0 Å². The summed E-state index contributed by atoms with van der Waals surface area (Å²) in [6, 6.07) is 7.00. The number of aliphatic hydroxyl groups is 2. The minimum atomic E-state index is -0.614. The van der Waals surface area contributed by atoms with Gasteiger partial charge in [-0.05, 0) is 36.6 Å². The standard InChI is InChI=1S/C15H24ClNO3/c1-11(2)7-13(18)8-17-9-14(19)10-20-15-5-3-12(16)4-6-15/h3-6,11,13-14,17-19H,7-10H2,1-2H3. The van der Waals surface area contributed by atoms with Gasteiger partial charge in [0.1, 0.15) is 18.5 Å². The van der Waals surface area contributed by atoms with Gasteiger partial charge in [0.25, 0.3) is 0 Å². The lowest BCUT2D eigenvalue weighted by atomic mass is 10.1. The zero-order valence-electron chi connectivity index (χ0n) is 12.1. The summed E-state index contributed by atoms with van der Waals surface area (Å²) in [6.45, 7) is 5.21. The molecule has 1 rings (SSSR count). The molecule has 0 bridgehead atoms. The molecule has 1 aromatic carbocycles. The molecular weight excluding hydrogens is 278 g/mol. The molecule has 0 spiro atoms. The molecule has 0 radical (unpaired) electrons. The highest BCUT2D eigenvalue weighted by Crippen LogP contribution is 2.15. The number of ether oxygens (including phenoxy) is 1. The van der Waals surface area contributed by atoms with Gasteiger partial charge in [-0.25, -0.2) is 0 Å². The third kappa shape index (κ3) is 7.70. The van der Waals surface area contributed by atoms with Crippen LogP contribution >= 0.6 is 11.6 Å².